The van der Waals surface area contributed by atoms with Gasteiger partial charge in [-0.25, -0.2) is 13.1 Å². The predicted octanol–water partition coefficient (Wildman–Crippen LogP) is 3.38. The highest BCUT2D eigenvalue weighted by Crippen LogP contribution is 2.26. The zero-order valence-corrected chi connectivity index (χ0v) is 15.5. The molecule has 0 spiro atoms. The fourth-order valence-corrected chi connectivity index (χ4v) is 5.01. The van der Waals surface area contributed by atoms with Crippen molar-refractivity contribution < 1.29 is 13.5 Å². The molecule has 0 aliphatic carbocycles. The van der Waals surface area contributed by atoms with Crippen molar-refractivity contribution in [2.24, 2.45) is 0 Å². The van der Waals surface area contributed by atoms with Gasteiger partial charge in [0.1, 0.15) is 0 Å². The van der Waals surface area contributed by atoms with Crippen molar-refractivity contribution in [1.82, 2.24) is 4.72 Å². The van der Waals surface area contributed by atoms with Gasteiger partial charge in [-0.05, 0) is 67.8 Å². The number of hydrogen-bond donors (Lipinski definition) is 2. The van der Waals surface area contributed by atoms with Crippen molar-refractivity contribution in [1.29, 1.82) is 0 Å². The average molecular weight is 354 g/mol. The largest absolute Gasteiger partial charge is 0.388 e. The molecule has 1 heterocycles. The summed E-state index contributed by atoms with van der Waals surface area (Å²) < 4.78 is 27.9. The number of aliphatic hydroxyl groups is 1. The molecule has 2 aromatic rings. The minimum atomic E-state index is -3.59. The van der Waals surface area contributed by atoms with Gasteiger partial charge in [0.15, 0.2) is 0 Å². The van der Waals surface area contributed by atoms with Gasteiger partial charge in [0.05, 0.1) is 11.0 Å². The van der Waals surface area contributed by atoms with Crippen LogP contribution in [-0.4, -0.2) is 20.1 Å². The fraction of sp³-hybridized carbons (Fsp3) is 0.412. The van der Waals surface area contributed by atoms with Crippen LogP contribution in [0.4, 0.5) is 0 Å². The van der Waals surface area contributed by atoms with Crippen LogP contribution in [0, 0.1) is 27.7 Å². The fourth-order valence-electron chi connectivity index (χ4n) is 2.61. The molecule has 0 amide bonds. The third kappa shape index (κ3) is 4.01. The number of rotatable bonds is 6. The van der Waals surface area contributed by atoms with Gasteiger partial charge in [0, 0.05) is 11.4 Å². The molecule has 23 heavy (non-hydrogen) atoms. The number of benzene rings is 1. The molecule has 2 N–H and O–H groups in total. The van der Waals surface area contributed by atoms with Crippen molar-refractivity contribution >= 4 is 21.4 Å². The predicted molar refractivity (Wildman–Crippen MR) is 94.5 cm³/mol. The van der Waals surface area contributed by atoms with Crippen LogP contribution in [0.5, 0.6) is 0 Å². The average Bonchev–Trinajstić information content (AvgIpc) is 2.99. The van der Waals surface area contributed by atoms with E-state index >= 15 is 0 Å². The highest BCUT2D eigenvalue weighted by Gasteiger charge is 2.22. The molecule has 1 aromatic carbocycles. The van der Waals surface area contributed by atoms with E-state index in [1.54, 1.807) is 0 Å². The second-order valence-electron chi connectivity index (χ2n) is 5.81. The molecule has 0 bridgehead atoms. The van der Waals surface area contributed by atoms with Gasteiger partial charge in [0.25, 0.3) is 0 Å². The molecular weight excluding hydrogens is 330 g/mol. The number of nitrogens with one attached hydrogen (secondary N) is 1. The number of hydrogen-bond acceptors (Lipinski definition) is 4. The second-order valence-corrected chi connectivity index (χ2v) is 8.49. The summed E-state index contributed by atoms with van der Waals surface area (Å²) in [5.41, 5.74) is 3.48. The lowest BCUT2D eigenvalue weighted by Gasteiger charge is -2.16. The van der Waals surface area contributed by atoms with E-state index in [4.69, 9.17) is 0 Å². The quantitative estimate of drug-likeness (QED) is 0.836. The highest BCUT2D eigenvalue weighted by molar-refractivity contribution is 7.89. The first kappa shape index (κ1) is 18.1. The number of thiophene rings is 1. The first-order valence-electron chi connectivity index (χ1n) is 7.52. The smallest absolute Gasteiger partial charge is 0.241 e. The van der Waals surface area contributed by atoms with E-state index in [-0.39, 0.29) is 6.54 Å². The van der Waals surface area contributed by atoms with E-state index in [1.165, 1.54) is 11.3 Å². The number of aryl methyl sites for hydroxylation is 2. The van der Waals surface area contributed by atoms with E-state index < -0.39 is 16.1 Å². The Bertz CT molecular complexity index is 754. The third-order valence-electron chi connectivity index (χ3n) is 4.15. The topological polar surface area (TPSA) is 66.4 Å². The van der Waals surface area contributed by atoms with Crippen LogP contribution in [-0.2, 0) is 10.0 Å². The lowest BCUT2D eigenvalue weighted by atomic mass is 10.0. The normalized spacial score (nSPS) is 13.3. The SMILES string of the molecule is Cc1cc(C)c(C)c(S(=O)(=O)NCCC(O)c2cccs2)c1C. The molecule has 6 heteroatoms. The van der Waals surface area contributed by atoms with Gasteiger partial charge >= 0.3 is 0 Å². The van der Waals surface area contributed by atoms with E-state index in [9.17, 15) is 13.5 Å². The Kier molecular flexibility index (Phi) is 5.62. The molecule has 0 fully saturated rings. The van der Waals surface area contributed by atoms with Crippen LogP contribution >= 0.6 is 11.3 Å². The molecule has 0 radical (unpaired) electrons. The van der Waals surface area contributed by atoms with Crippen LogP contribution in [0.25, 0.3) is 0 Å². The summed E-state index contributed by atoms with van der Waals surface area (Å²) in [6, 6.07) is 5.72. The number of sulfonamides is 1. The summed E-state index contributed by atoms with van der Waals surface area (Å²) in [6.07, 6.45) is -0.290. The molecule has 1 aromatic heterocycles. The maximum Gasteiger partial charge on any atom is 0.241 e. The van der Waals surface area contributed by atoms with Crippen molar-refractivity contribution in [2.45, 2.75) is 45.1 Å². The van der Waals surface area contributed by atoms with Gasteiger partial charge in [-0.3, -0.25) is 0 Å². The molecule has 0 saturated carbocycles. The van der Waals surface area contributed by atoms with Gasteiger partial charge in [-0.15, -0.1) is 11.3 Å². The number of aliphatic hydroxyl groups excluding tert-OH is 1. The molecule has 0 aliphatic rings. The molecule has 0 saturated heterocycles. The Labute approximate surface area is 142 Å². The van der Waals surface area contributed by atoms with E-state index in [0.29, 0.717) is 11.3 Å². The molecule has 2 rings (SSSR count). The first-order valence-corrected chi connectivity index (χ1v) is 9.89. The van der Waals surface area contributed by atoms with E-state index in [1.807, 2.05) is 51.3 Å². The lowest BCUT2D eigenvalue weighted by Crippen LogP contribution is -2.27. The Morgan fingerprint density at radius 1 is 1.17 bits per heavy atom. The Morgan fingerprint density at radius 3 is 2.30 bits per heavy atom. The molecule has 1 atom stereocenters. The second kappa shape index (κ2) is 7.13. The molecular formula is C17H23NO3S2. The van der Waals surface area contributed by atoms with E-state index in [2.05, 4.69) is 4.72 Å². The minimum Gasteiger partial charge on any atom is -0.388 e. The monoisotopic (exact) mass is 353 g/mol. The molecule has 1 unspecified atom stereocenters. The van der Waals surface area contributed by atoms with Crippen LogP contribution in [0.3, 0.4) is 0 Å². The third-order valence-corrected chi connectivity index (χ3v) is 6.85. The van der Waals surface area contributed by atoms with Gasteiger partial charge in [0.2, 0.25) is 10.0 Å². The summed E-state index contributed by atoms with van der Waals surface area (Å²) in [5.74, 6) is 0. The summed E-state index contributed by atoms with van der Waals surface area (Å²) in [4.78, 5) is 1.21. The first-order chi connectivity index (χ1) is 10.7. The van der Waals surface area contributed by atoms with Crippen molar-refractivity contribution in [3.05, 3.63) is 50.7 Å². The van der Waals surface area contributed by atoms with Gasteiger partial charge < -0.3 is 5.11 Å². The molecule has 4 nitrogen and oxygen atoms in total. The maximum atomic E-state index is 12.7. The Hall–Kier alpha value is -1.21. The summed E-state index contributed by atoms with van der Waals surface area (Å²) in [7, 11) is -3.59. The van der Waals surface area contributed by atoms with Crippen LogP contribution in [0.1, 0.15) is 39.7 Å². The van der Waals surface area contributed by atoms with Crippen LogP contribution in [0.15, 0.2) is 28.5 Å². The standard InChI is InChI=1S/C17H23NO3S2/c1-11-10-12(2)14(4)17(13(11)3)23(20,21)18-8-7-15(19)16-6-5-9-22-16/h5-6,9-10,15,18-19H,7-8H2,1-4H3. The van der Waals surface area contributed by atoms with Gasteiger partial charge in [-0.1, -0.05) is 12.1 Å². The maximum absolute atomic E-state index is 12.7. The molecule has 0 aliphatic heterocycles. The zero-order valence-electron chi connectivity index (χ0n) is 13.9. The van der Waals surface area contributed by atoms with Crippen molar-refractivity contribution in [2.75, 3.05) is 6.54 Å². The van der Waals surface area contributed by atoms with Crippen LogP contribution < -0.4 is 4.72 Å². The minimum absolute atomic E-state index is 0.202. The van der Waals surface area contributed by atoms with Crippen molar-refractivity contribution in [3.8, 4) is 0 Å². The van der Waals surface area contributed by atoms with Gasteiger partial charge in [-0.2, -0.15) is 0 Å². The zero-order chi connectivity index (χ0) is 17.2. The summed E-state index contributed by atoms with van der Waals surface area (Å²) in [5, 5.41) is 11.9. The summed E-state index contributed by atoms with van der Waals surface area (Å²) in [6.45, 7) is 7.70. The Balaban J connectivity index is 2.14. The van der Waals surface area contributed by atoms with Crippen LogP contribution in [0.2, 0.25) is 0 Å². The Morgan fingerprint density at radius 2 is 1.78 bits per heavy atom. The highest BCUT2D eigenvalue weighted by atomic mass is 32.2. The molecule has 126 valence electrons. The summed E-state index contributed by atoms with van der Waals surface area (Å²) >= 11 is 1.47. The van der Waals surface area contributed by atoms with E-state index in [0.717, 1.165) is 27.1 Å². The lowest BCUT2D eigenvalue weighted by molar-refractivity contribution is 0.173. The van der Waals surface area contributed by atoms with Crippen molar-refractivity contribution in [3.63, 3.8) is 0 Å².